The minimum atomic E-state index is -2.67. The summed E-state index contributed by atoms with van der Waals surface area (Å²) < 4.78 is 71.0. The van der Waals surface area contributed by atoms with Gasteiger partial charge >= 0.3 is 17.1 Å². The molecule has 0 aromatic rings. The molecule has 1 heterocycles. The van der Waals surface area contributed by atoms with Crippen LogP contribution in [0.1, 0.15) is 25.7 Å². The van der Waals surface area contributed by atoms with Crippen LogP contribution in [-0.4, -0.2) is 198 Å². The molecule has 0 aliphatic carbocycles. The fourth-order valence-electron chi connectivity index (χ4n) is 5.21. The Balaban J connectivity index is 2.97. The number of hydrogen-bond acceptors (Lipinski definition) is 16. The minimum absolute atomic E-state index is 0.0617. The highest BCUT2D eigenvalue weighted by Crippen LogP contribution is 2.16. The first-order valence-corrected chi connectivity index (χ1v) is 30.1. The molecule has 1 rings (SSSR count). The molecule has 1 saturated heterocycles. The maximum Gasteiger partial charge on any atom is 0.332 e. The Kier molecular flexibility index (Phi) is 28.5. The summed E-state index contributed by atoms with van der Waals surface area (Å²) in [5.74, 6) is 0. The van der Waals surface area contributed by atoms with E-state index in [4.69, 9.17) is 55.6 Å². The molecule has 16 nitrogen and oxygen atoms in total. The molecule has 54 heavy (non-hydrogen) atoms. The van der Waals surface area contributed by atoms with E-state index in [-0.39, 0.29) is 65.3 Å². The molecule has 1 fully saturated rings. The zero-order valence-electron chi connectivity index (χ0n) is 34.6. The second kappa shape index (κ2) is 29.4. The van der Waals surface area contributed by atoms with E-state index in [0.717, 1.165) is 24.9 Å². The molecular formula is C34H76O16Si4. The van der Waals surface area contributed by atoms with Gasteiger partial charge in [-0.15, -0.1) is 0 Å². The molecule has 1 aliphatic rings. The van der Waals surface area contributed by atoms with Crippen LogP contribution in [0.3, 0.4) is 0 Å². The van der Waals surface area contributed by atoms with Gasteiger partial charge in [-0.05, 0) is 76.0 Å². The summed E-state index contributed by atoms with van der Waals surface area (Å²) in [6.45, 7) is 11.4. The first-order valence-electron chi connectivity index (χ1n) is 19.3. The van der Waals surface area contributed by atoms with Crippen LogP contribution < -0.4 is 0 Å². The van der Waals surface area contributed by atoms with Gasteiger partial charge in [-0.3, -0.25) is 0 Å². The van der Waals surface area contributed by atoms with Crippen LogP contribution in [0, 0.1) is 0 Å². The third-order valence-electron chi connectivity index (χ3n) is 9.67. The summed E-state index contributed by atoms with van der Waals surface area (Å²) >= 11 is 0. The third kappa shape index (κ3) is 24.9. The zero-order chi connectivity index (χ0) is 40.4. The van der Waals surface area contributed by atoms with E-state index in [9.17, 15) is 19.8 Å². The highest BCUT2D eigenvalue weighted by atomic mass is 28.4. The lowest BCUT2D eigenvalue weighted by Gasteiger charge is -2.29. The van der Waals surface area contributed by atoms with Crippen molar-refractivity contribution in [2.24, 2.45) is 0 Å². The monoisotopic (exact) mass is 852 g/mol. The second-order valence-electron chi connectivity index (χ2n) is 14.9. The largest absolute Gasteiger partial charge is 0.418 e. The average Bonchev–Trinajstić information content (AvgIpc) is 3.16. The number of ether oxygens (including phenoxy) is 8. The van der Waals surface area contributed by atoms with Crippen LogP contribution >= 0.6 is 0 Å². The van der Waals surface area contributed by atoms with Crippen LogP contribution in [0.15, 0.2) is 0 Å². The van der Waals surface area contributed by atoms with Gasteiger partial charge in [0.1, 0.15) is 24.4 Å². The van der Waals surface area contributed by atoms with E-state index < -0.39 is 58.2 Å². The van der Waals surface area contributed by atoms with E-state index in [0.29, 0.717) is 51.4 Å². The molecule has 0 radical (unpaired) electrons. The zero-order valence-corrected chi connectivity index (χ0v) is 38.6. The highest BCUT2D eigenvalue weighted by Gasteiger charge is 2.29. The Hall–Kier alpha value is 0.228. The first kappa shape index (κ1) is 52.2. The summed E-state index contributed by atoms with van der Waals surface area (Å²) in [6, 6.07) is 2.67. The maximum atomic E-state index is 10.3. The Morgan fingerprint density at radius 2 is 0.704 bits per heavy atom. The van der Waals surface area contributed by atoms with Crippen molar-refractivity contribution < 1.29 is 75.4 Å². The van der Waals surface area contributed by atoms with Gasteiger partial charge in [-0.1, -0.05) is 0 Å². The Bertz CT molecular complexity index is 818. The predicted octanol–water partition coefficient (Wildman–Crippen LogP) is 2.10. The SMILES string of the molecule is CO[Si](C)(O)CCCOCC1COC(COCCC[Si](C)(CO)OC)COC(COCCC[Si](C)(O)OC)COC(COCCC[Si](C)(CO)OC)CO1. The molecule has 0 aromatic carbocycles. The van der Waals surface area contributed by atoms with E-state index in [1.54, 1.807) is 27.3 Å². The van der Waals surface area contributed by atoms with Crippen molar-refractivity contribution in [2.75, 3.05) is 120 Å². The molecule has 0 spiro atoms. The Morgan fingerprint density at radius 1 is 0.444 bits per heavy atom. The van der Waals surface area contributed by atoms with Crippen molar-refractivity contribution in [3.63, 3.8) is 0 Å². The van der Waals surface area contributed by atoms with Crippen molar-refractivity contribution in [1.82, 2.24) is 0 Å². The number of aliphatic hydroxyl groups is 2. The normalized spacial score (nSPS) is 25.1. The molecule has 20 heteroatoms. The topological polar surface area (TPSA) is 192 Å². The van der Waals surface area contributed by atoms with Crippen molar-refractivity contribution in [1.29, 1.82) is 0 Å². The van der Waals surface area contributed by atoms with Gasteiger partial charge in [0.05, 0.1) is 65.3 Å². The number of aliphatic hydroxyl groups excluding tert-OH is 2. The van der Waals surface area contributed by atoms with Crippen LogP contribution in [0.5, 0.6) is 0 Å². The third-order valence-corrected chi connectivity index (χ3v) is 20.1. The summed E-state index contributed by atoms with van der Waals surface area (Å²) in [7, 11) is -3.25. The van der Waals surface area contributed by atoms with Crippen LogP contribution in [0.4, 0.5) is 0 Å². The van der Waals surface area contributed by atoms with Gasteiger partial charge < -0.3 is 75.4 Å². The van der Waals surface area contributed by atoms with Gasteiger partial charge in [0.15, 0.2) is 0 Å². The first-order chi connectivity index (χ1) is 25.7. The quantitative estimate of drug-likeness (QED) is 0.0607. The molecule has 4 N–H and O–H groups in total. The van der Waals surface area contributed by atoms with Crippen molar-refractivity contribution >= 4 is 33.8 Å². The molecule has 0 amide bonds. The van der Waals surface area contributed by atoms with E-state index >= 15 is 0 Å². The van der Waals surface area contributed by atoms with Crippen LogP contribution in [0.25, 0.3) is 0 Å². The molecule has 1 aliphatic heterocycles. The van der Waals surface area contributed by atoms with Gasteiger partial charge in [-0.25, -0.2) is 0 Å². The molecule has 8 atom stereocenters. The average molecular weight is 853 g/mol. The minimum Gasteiger partial charge on any atom is -0.418 e. The predicted molar refractivity (Wildman–Crippen MR) is 213 cm³/mol. The van der Waals surface area contributed by atoms with E-state index in [1.165, 1.54) is 14.2 Å². The fraction of sp³-hybridized carbons (Fsp3) is 1.00. The lowest BCUT2D eigenvalue weighted by molar-refractivity contribution is -0.166. The molecular weight excluding hydrogens is 777 g/mol. The van der Waals surface area contributed by atoms with Crippen LogP contribution in [0.2, 0.25) is 50.4 Å². The highest BCUT2D eigenvalue weighted by molar-refractivity contribution is 6.72. The lowest BCUT2D eigenvalue weighted by Crippen LogP contribution is -2.41. The van der Waals surface area contributed by atoms with Gasteiger partial charge in [0.25, 0.3) is 0 Å². The lowest BCUT2D eigenvalue weighted by atomic mass is 10.3. The fourth-order valence-corrected chi connectivity index (χ4v) is 9.98. The van der Waals surface area contributed by atoms with E-state index in [1.807, 2.05) is 13.1 Å². The van der Waals surface area contributed by atoms with Gasteiger partial charge in [-0.2, -0.15) is 0 Å². The second-order valence-corrected chi connectivity index (χ2v) is 29.7. The summed E-state index contributed by atoms with van der Waals surface area (Å²) in [4.78, 5) is 20.6. The molecule has 8 unspecified atom stereocenters. The van der Waals surface area contributed by atoms with Crippen molar-refractivity contribution in [3.8, 4) is 0 Å². The Morgan fingerprint density at radius 3 is 0.926 bits per heavy atom. The molecule has 0 aromatic heterocycles. The van der Waals surface area contributed by atoms with Gasteiger partial charge in [0.2, 0.25) is 16.6 Å². The van der Waals surface area contributed by atoms with Crippen molar-refractivity contribution in [3.05, 3.63) is 0 Å². The number of rotatable bonds is 30. The summed E-state index contributed by atoms with van der Waals surface area (Å²) in [5, 5.41) is 19.4. The van der Waals surface area contributed by atoms with E-state index in [2.05, 4.69) is 0 Å². The molecule has 0 bridgehead atoms. The summed E-state index contributed by atoms with van der Waals surface area (Å²) in [5.41, 5.74) is 0. The standard InChI is InChI=1S/C34H76O16Si4/c1-39-51(5,29-35)17-9-13-43-21-31-25-49-34(24-46-16-12-20-54(8,38)42-4)28-48-32(22-44-14-10-18-52(6,30-36)40-2)26-50-33(27-47-31)23-45-15-11-19-53(7,37)41-3/h31-38H,9-30H2,1-8H3. The molecule has 0 saturated carbocycles. The smallest absolute Gasteiger partial charge is 0.332 e. The Labute approximate surface area is 329 Å². The van der Waals surface area contributed by atoms with Crippen molar-refractivity contribution in [2.45, 2.75) is 100 Å². The van der Waals surface area contributed by atoms with Crippen LogP contribution in [-0.2, 0) is 55.6 Å². The number of hydrogen-bond donors (Lipinski definition) is 4. The maximum absolute atomic E-state index is 10.3. The summed E-state index contributed by atoms with van der Waals surface area (Å²) in [6.07, 6.45) is 1.29. The molecule has 324 valence electrons. The van der Waals surface area contributed by atoms with Gasteiger partial charge in [0, 0.05) is 54.9 Å².